The normalized spacial score (nSPS) is 12.9. The monoisotopic (exact) mass is 494 g/mol. The Balaban J connectivity index is 2.25. The highest BCUT2D eigenvalue weighted by Crippen LogP contribution is 2.44. The van der Waals surface area contributed by atoms with Crippen molar-refractivity contribution in [3.63, 3.8) is 0 Å². The average Bonchev–Trinajstić information content (AvgIpc) is 2.74. The lowest BCUT2D eigenvalue weighted by Gasteiger charge is -2.29. The molecule has 4 aromatic rings. The first kappa shape index (κ1) is 25.0. The molecule has 4 rings (SSSR count). The number of pyridine rings is 2. The molecular weight excluding hydrogens is 467 g/mol. The van der Waals surface area contributed by atoms with Crippen LogP contribution in [0, 0.1) is 33.5 Å². The largest absolute Gasteiger partial charge is 0.479 e. The van der Waals surface area contributed by atoms with E-state index in [0.717, 1.165) is 34.0 Å². The van der Waals surface area contributed by atoms with Gasteiger partial charge in [0.05, 0.1) is 22.8 Å². The topological polar surface area (TPSA) is 72.3 Å². The SMILES string of the molecule is Cc1ccc(-c2c([C@H](OC(C)(C)C)C(=O)O)c(C)c3nc(Cl)c4cc(F)cnc4c3c2C)c(C)c1. The molecule has 0 aliphatic carbocycles. The Morgan fingerprint density at radius 2 is 1.77 bits per heavy atom. The molecule has 35 heavy (non-hydrogen) atoms. The fourth-order valence-electron chi connectivity index (χ4n) is 4.75. The van der Waals surface area contributed by atoms with Gasteiger partial charge in [-0.2, -0.15) is 0 Å². The molecule has 0 spiro atoms. The first-order valence-electron chi connectivity index (χ1n) is 11.4. The quantitative estimate of drug-likeness (QED) is 0.236. The van der Waals surface area contributed by atoms with Crippen molar-refractivity contribution in [3.8, 4) is 11.1 Å². The summed E-state index contributed by atoms with van der Waals surface area (Å²) in [6.07, 6.45) is -0.0911. The van der Waals surface area contributed by atoms with Crippen LogP contribution in [0.3, 0.4) is 0 Å². The van der Waals surface area contributed by atoms with Gasteiger partial charge in [0.15, 0.2) is 6.10 Å². The molecule has 0 fully saturated rings. The van der Waals surface area contributed by atoms with Gasteiger partial charge in [-0.25, -0.2) is 14.2 Å². The molecule has 0 unspecified atom stereocenters. The Hall–Kier alpha value is -3.09. The highest BCUT2D eigenvalue weighted by Gasteiger charge is 2.33. The number of halogens is 2. The summed E-state index contributed by atoms with van der Waals surface area (Å²) in [7, 11) is 0. The van der Waals surface area contributed by atoms with Crippen molar-refractivity contribution in [3.05, 3.63) is 69.2 Å². The molecule has 2 aromatic carbocycles. The fraction of sp³-hybridized carbons (Fsp3) is 0.321. The molecule has 5 nitrogen and oxygen atoms in total. The summed E-state index contributed by atoms with van der Waals surface area (Å²) in [5, 5.41) is 11.5. The predicted molar refractivity (Wildman–Crippen MR) is 138 cm³/mol. The maximum absolute atomic E-state index is 14.0. The van der Waals surface area contributed by atoms with Crippen molar-refractivity contribution < 1.29 is 19.0 Å². The molecule has 2 heterocycles. The van der Waals surface area contributed by atoms with E-state index in [9.17, 15) is 14.3 Å². The van der Waals surface area contributed by atoms with E-state index in [1.807, 2.05) is 60.6 Å². The number of aliphatic carboxylic acids is 1. The van der Waals surface area contributed by atoms with Gasteiger partial charge in [-0.3, -0.25) is 4.98 Å². The van der Waals surface area contributed by atoms with Gasteiger partial charge in [-0.05, 0) is 82.3 Å². The molecule has 182 valence electrons. The summed E-state index contributed by atoms with van der Waals surface area (Å²) in [5.74, 6) is -1.61. The van der Waals surface area contributed by atoms with E-state index in [1.165, 1.54) is 6.07 Å². The minimum atomic E-state index is -1.24. The van der Waals surface area contributed by atoms with Crippen LogP contribution < -0.4 is 0 Å². The second-order valence-electron chi connectivity index (χ2n) is 9.98. The standard InChI is InChI=1S/C28H28ClFN2O3/c1-13-8-9-18(14(2)10-13)20-15(3)22-23(32-26(29)19-11-17(30)12-31-24(19)22)16(4)21(20)25(27(33)34)35-28(5,6)7/h8-12,25H,1-7H3,(H,33,34)/t25-/m0/s1. The summed E-state index contributed by atoms with van der Waals surface area (Å²) < 4.78 is 20.1. The summed E-state index contributed by atoms with van der Waals surface area (Å²) >= 11 is 6.47. The third-order valence-electron chi connectivity index (χ3n) is 6.15. The highest BCUT2D eigenvalue weighted by molar-refractivity contribution is 6.35. The second kappa shape index (κ2) is 8.85. The van der Waals surface area contributed by atoms with Gasteiger partial charge in [0, 0.05) is 16.3 Å². The molecule has 0 saturated heterocycles. The molecule has 0 aliphatic heterocycles. The number of hydrogen-bond donors (Lipinski definition) is 1. The van der Waals surface area contributed by atoms with Crippen LogP contribution in [0.2, 0.25) is 5.15 Å². The molecule has 0 radical (unpaired) electrons. The smallest absolute Gasteiger partial charge is 0.337 e. The number of rotatable bonds is 4. The van der Waals surface area contributed by atoms with Crippen LogP contribution in [0.4, 0.5) is 4.39 Å². The number of ether oxygens (including phenoxy) is 1. The van der Waals surface area contributed by atoms with Crippen molar-refractivity contribution in [2.24, 2.45) is 0 Å². The second-order valence-corrected chi connectivity index (χ2v) is 10.3. The van der Waals surface area contributed by atoms with Gasteiger partial charge < -0.3 is 9.84 Å². The number of nitrogens with zero attached hydrogens (tertiary/aromatic N) is 2. The lowest BCUT2D eigenvalue weighted by atomic mass is 9.83. The Bertz CT molecular complexity index is 1510. The third kappa shape index (κ3) is 4.48. The number of aryl methyl sites for hydroxylation is 4. The van der Waals surface area contributed by atoms with Crippen LogP contribution in [0.1, 0.15) is 54.7 Å². The maximum atomic E-state index is 14.0. The van der Waals surface area contributed by atoms with Gasteiger partial charge in [-0.15, -0.1) is 0 Å². The van der Waals surface area contributed by atoms with Gasteiger partial charge in [-0.1, -0.05) is 35.4 Å². The van der Waals surface area contributed by atoms with Crippen molar-refractivity contribution in [2.45, 2.75) is 60.2 Å². The van der Waals surface area contributed by atoms with Crippen molar-refractivity contribution in [1.29, 1.82) is 0 Å². The molecule has 1 atom stereocenters. The molecule has 7 heteroatoms. The van der Waals surface area contributed by atoms with Gasteiger partial charge in [0.25, 0.3) is 0 Å². The Kier molecular flexibility index (Phi) is 6.32. The Morgan fingerprint density at radius 3 is 2.37 bits per heavy atom. The van der Waals surface area contributed by atoms with Gasteiger partial charge >= 0.3 is 5.97 Å². The van der Waals surface area contributed by atoms with Crippen molar-refractivity contribution >= 4 is 39.4 Å². The van der Waals surface area contributed by atoms with Crippen LogP contribution in [0.5, 0.6) is 0 Å². The van der Waals surface area contributed by atoms with E-state index < -0.39 is 23.5 Å². The van der Waals surface area contributed by atoms with E-state index in [-0.39, 0.29) is 5.15 Å². The zero-order valence-electron chi connectivity index (χ0n) is 20.9. The first-order chi connectivity index (χ1) is 16.3. The summed E-state index contributed by atoms with van der Waals surface area (Å²) in [6, 6.07) is 7.37. The minimum absolute atomic E-state index is 0.107. The number of hydrogen-bond acceptors (Lipinski definition) is 4. The summed E-state index contributed by atoms with van der Waals surface area (Å²) in [4.78, 5) is 21.5. The zero-order valence-corrected chi connectivity index (χ0v) is 21.6. The highest BCUT2D eigenvalue weighted by atomic mass is 35.5. The van der Waals surface area contributed by atoms with Crippen LogP contribution >= 0.6 is 11.6 Å². The fourth-order valence-corrected chi connectivity index (χ4v) is 4.97. The van der Waals surface area contributed by atoms with E-state index in [0.29, 0.717) is 32.9 Å². The number of carboxylic acid groups (broad SMARTS) is 1. The first-order valence-corrected chi connectivity index (χ1v) is 11.7. The van der Waals surface area contributed by atoms with Crippen molar-refractivity contribution in [2.75, 3.05) is 0 Å². The number of benzene rings is 2. The van der Waals surface area contributed by atoms with E-state index >= 15 is 0 Å². The van der Waals surface area contributed by atoms with Crippen molar-refractivity contribution in [1.82, 2.24) is 9.97 Å². The molecule has 1 N–H and O–H groups in total. The van der Waals surface area contributed by atoms with E-state index in [4.69, 9.17) is 16.3 Å². The van der Waals surface area contributed by atoms with E-state index in [1.54, 1.807) is 0 Å². The maximum Gasteiger partial charge on any atom is 0.337 e. The summed E-state index contributed by atoms with van der Waals surface area (Å²) in [5.41, 5.74) is 5.99. The molecule has 0 saturated carbocycles. The molecule has 2 aromatic heterocycles. The number of carboxylic acids is 1. The Labute approximate surface area is 208 Å². The zero-order chi connectivity index (χ0) is 25.8. The molecular formula is C28H28ClFN2O3. The molecule has 0 amide bonds. The van der Waals surface area contributed by atoms with Gasteiger partial charge in [0.2, 0.25) is 0 Å². The Morgan fingerprint density at radius 1 is 1.09 bits per heavy atom. The van der Waals surface area contributed by atoms with Crippen LogP contribution in [0.25, 0.3) is 32.9 Å². The minimum Gasteiger partial charge on any atom is -0.479 e. The predicted octanol–water partition coefficient (Wildman–Crippen LogP) is 7.42. The lowest BCUT2D eigenvalue weighted by Crippen LogP contribution is -2.28. The van der Waals surface area contributed by atoms with Crippen LogP contribution in [0.15, 0.2) is 30.5 Å². The van der Waals surface area contributed by atoms with Gasteiger partial charge in [0.1, 0.15) is 11.0 Å². The van der Waals surface area contributed by atoms with E-state index in [2.05, 4.69) is 16.0 Å². The van der Waals surface area contributed by atoms with Crippen LogP contribution in [-0.2, 0) is 9.53 Å². The number of aromatic nitrogens is 2. The third-order valence-corrected chi connectivity index (χ3v) is 6.44. The molecule has 0 bridgehead atoms. The average molecular weight is 495 g/mol. The number of fused-ring (bicyclic) bond motifs is 3. The summed E-state index contributed by atoms with van der Waals surface area (Å²) in [6.45, 7) is 13.2. The van der Waals surface area contributed by atoms with Crippen LogP contribution in [-0.4, -0.2) is 26.6 Å². The molecule has 0 aliphatic rings. The number of carbonyl (C=O) groups is 1. The lowest BCUT2D eigenvalue weighted by molar-refractivity contribution is -0.160.